The zero-order valence-corrected chi connectivity index (χ0v) is 16.2. The van der Waals surface area contributed by atoms with Crippen molar-refractivity contribution < 1.29 is 19.4 Å². The molecule has 0 fully saturated rings. The maximum atomic E-state index is 11.2. The Morgan fingerprint density at radius 1 is 1.00 bits per heavy atom. The highest BCUT2D eigenvalue weighted by Crippen LogP contribution is 2.31. The number of rotatable bonds is 8. The van der Waals surface area contributed by atoms with Crippen LogP contribution in [0.25, 0.3) is 0 Å². The lowest BCUT2D eigenvalue weighted by atomic mass is 10.2. The SMILES string of the molecule is COc1cccc(C=Nc2ccc(Nc3ccccc3)cc2)c1O[C@H](C)C(=O)O. The van der Waals surface area contributed by atoms with E-state index in [1.54, 1.807) is 24.4 Å². The number of aliphatic imine (C=N–C) groups is 1. The van der Waals surface area contributed by atoms with E-state index in [0.29, 0.717) is 17.1 Å². The number of anilines is 2. The Balaban J connectivity index is 1.78. The molecule has 3 aromatic rings. The van der Waals surface area contributed by atoms with Crippen molar-refractivity contribution in [1.29, 1.82) is 0 Å². The van der Waals surface area contributed by atoms with E-state index in [4.69, 9.17) is 14.6 Å². The first-order chi connectivity index (χ1) is 14.1. The van der Waals surface area contributed by atoms with Crippen LogP contribution in [0.1, 0.15) is 12.5 Å². The lowest BCUT2D eigenvalue weighted by Gasteiger charge is -2.15. The number of carboxylic acid groups (broad SMARTS) is 1. The van der Waals surface area contributed by atoms with E-state index in [0.717, 1.165) is 17.1 Å². The van der Waals surface area contributed by atoms with Crippen molar-refractivity contribution in [1.82, 2.24) is 0 Å². The van der Waals surface area contributed by atoms with Crippen LogP contribution in [0.5, 0.6) is 11.5 Å². The molecule has 0 unspecified atom stereocenters. The summed E-state index contributed by atoms with van der Waals surface area (Å²) in [5, 5.41) is 12.4. The van der Waals surface area contributed by atoms with Gasteiger partial charge in [0.2, 0.25) is 0 Å². The fourth-order valence-electron chi connectivity index (χ4n) is 2.61. The molecule has 3 aromatic carbocycles. The maximum Gasteiger partial charge on any atom is 0.344 e. The molecule has 0 aliphatic heterocycles. The third-order valence-electron chi connectivity index (χ3n) is 4.15. The number of carbonyl (C=O) groups is 1. The van der Waals surface area contributed by atoms with Crippen molar-refractivity contribution in [2.75, 3.05) is 12.4 Å². The summed E-state index contributed by atoms with van der Waals surface area (Å²) < 4.78 is 10.9. The summed E-state index contributed by atoms with van der Waals surface area (Å²) >= 11 is 0. The van der Waals surface area contributed by atoms with E-state index >= 15 is 0 Å². The molecule has 0 radical (unpaired) electrons. The number of ether oxygens (including phenoxy) is 2. The molecule has 0 bridgehead atoms. The molecule has 0 amide bonds. The number of carboxylic acids is 1. The number of nitrogens with zero attached hydrogens (tertiary/aromatic N) is 1. The van der Waals surface area contributed by atoms with Gasteiger partial charge in [-0.1, -0.05) is 24.3 Å². The van der Waals surface area contributed by atoms with Crippen LogP contribution in [-0.4, -0.2) is 30.5 Å². The first-order valence-corrected chi connectivity index (χ1v) is 9.09. The van der Waals surface area contributed by atoms with Gasteiger partial charge >= 0.3 is 5.97 Å². The highest BCUT2D eigenvalue weighted by Gasteiger charge is 2.17. The minimum Gasteiger partial charge on any atom is -0.493 e. The van der Waals surface area contributed by atoms with E-state index < -0.39 is 12.1 Å². The molecule has 6 nitrogen and oxygen atoms in total. The van der Waals surface area contributed by atoms with Gasteiger partial charge < -0.3 is 19.9 Å². The highest BCUT2D eigenvalue weighted by atomic mass is 16.5. The number of hydrogen-bond donors (Lipinski definition) is 2. The van der Waals surface area contributed by atoms with E-state index in [9.17, 15) is 4.79 Å². The van der Waals surface area contributed by atoms with Crippen molar-refractivity contribution >= 4 is 29.2 Å². The predicted molar refractivity (Wildman–Crippen MR) is 114 cm³/mol. The Hall–Kier alpha value is -3.80. The average Bonchev–Trinajstić information content (AvgIpc) is 2.74. The number of para-hydroxylation sites is 2. The van der Waals surface area contributed by atoms with Crippen molar-refractivity contribution in [3.8, 4) is 11.5 Å². The van der Waals surface area contributed by atoms with Gasteiger partial charge in [0.05, 0.1) is 12.8 Å². The molecule has 0 saturated carbocycles. The Bertz CT molecular complexity index is 986. The molecule has 0 aromatic heterocycles. The van der Waals surface area contributed by atoms with Gasteiger partial charge in [0, 0.05) is 23.2 Å². The highest BCUT2D eigenvalue weighted by molar-refractivity contribution is 5.87. The van der Waals surface area contributed by atoms with Gasteiger partial charge in [-0.15, -0.1) is 0 Å². The monoisotopic (exact) mass is 390 g/mol. The summed E-state index contributed by atoms with van der Waals surface area (Å²) in [6, 6.07) is 22.9. The quantitative estimate of drug-likeness (QED) is 0.527. The van der Waals surface area contributed by atoms with Crippen LogP contribution in [0.2, 0.25) is 0 Å². The number of nitrogens with one attached hydrogen (secondary N) is 1. The van der Waals surface area contributed by atoms with E-state index in [1.807, 2.05) is 54.6 Å². The maximum absolute atomic E-state index is 11.2. The van der Waals surface area contributed by atoms with Crippen LogP contribution in [0.3, 0.4) is 0 Å². The molecule has 0 saturated heterocycles. The molecule has 0 aliphatic rings. The fourth-order valence-corrected chi connectivity index (χ4v) is 2.61. The summed E-state index contributed by atoms with van der Waals surface area (Å²) in [5.41, 5.74) is 3.35. The molecule has 0 heterocycles. The molecule has 0 aliphatic carbocycles. The lowest BCUT2D eigenvalue weighted by Crippen LogP contribution is -2.23. The van der Waals surface area contributed by atoms with Gasteiger partial charge in [-0.3, -0.25) is 4.99 Å². The Morgan fingerprint density at radius 2 is 1.69 bits per heavy atom. The van der Waals surface area contributed by atoms with Crippen LogP contribution in [0.4, 0.5) is 17.1 Å². The van der Waals surface area contributed by atoms with Crippen LogP contribution in [-0.2, 0) is 4.79 Å². The summed E-state index contributed by atoms with van der Waals surface area (Å²) in [7, 11) is 1.51. The van der Waals surface area contributed by atoms with Gasteiger partial charge in [0.1, 0.15) is 0 Å². The summed E-state index contributed by atoms with van der Waals surface area (Å²) in [6.07, 6.45) is 0.619. The van der Waals surface area contributed by atoms with Crippen molar-refractivity contribution in [2.24, 2.45) is 4.99 Å². The number of methoxy groups -OCH3 is 1. The van der Waals surface area contributed by atoms with Crippen molar-refractivity contribution in [3.63, 3.8) is 0 Å². The molecule has 3 rings (SSSR count). The molecule has 29 heavy (non-hydrogen) atoms. The normalized spacial score (nSPS) is 11.8. The number of benzene rings is 3. The topological polar surface area (TPSA) is 80.1 Å². The van der Waals surface area contributed by atoms with Crippen LogP contribution >= 0.6 is 0 Å². The molecule has 0 spiro atoms. The van der Waals surface area contributed by atoms with Gasteiger partial charge in [0.25, 0.3) is 0 Å². The second-order valence-corrected chi connectivity index (χ2v) is 6.27. The Labute approximate surface area is 169 Å². The van der Waals surface area contributed by atoms with Gasteiger partial charge in [-0.25, -0.2) is 4.79 Å². The van der Waals surface area contributed by atoms with Crippen LogP contribution in [0.15, 0.2) is 77.8 Å². The Morgan fingerprint density at radius 3 is 2.34 bits per heavy atom. The average molecular weight is 390 g/mol. The minimum atomic E-state index is -1.06. The van der Waals surface area contributed by atoms with Crippen LogP contribution in [0, 0.1) is 0 Å². The van der Waals surface area contributed by atoms with Crippen molar-refractivity contribution in [3.05, 3.63) is 78.4 Å². The first kappa shape index (κ1) is 19.9. The van der Waals surface area contributed by atoms with E-state index in [-0.39, 0.29) is 0 Å². The second kappa shape index (κ2) is 9.41. The largest absolute Gasteiger partial charge is 0.493 e. The lowest BCUT2D eigenvalue weighted by molar-refractivity contribution is -0.144. The summed E-state index contributed by atoms with van der Waals surface area (Å²) in [6.45, 7) is 1.47. The van der Waals surface area contributed by atoms with Gasteiger partial charge in [0.15, 0.2) is 17.6 Å². The summed E-state index contributed by atoms with van der Waals surface area (Å²) in [4.78, 5) is 15.6. The van der Waals surface area contributed by atoms with Crippen molar-refractivity contribution in [2.45, 2.75) is 13.0 Å². The number of aliphatic carboxylic acids is 1. The third kappa shape index (κ3) is 5.35. The minimum absolute atomic E-state index is 0.344. The third-order valence-corrected chi connectivity index (χ3v) is 4.15. The number of hydrogen-bond acceptors (Lipinski definition) is 5. The van der Waals surface area contributed by atoms with Gasteiger partial charge in [-0.05, 0) is 55.5 Å². The fraction of sp³-hybridized carbons (Fsp3) is 0.130. The standard InChI is InChI=1S/C23H22N2O4/c1-16(23(26)27)29-22-17(7-6-10-21(22)28-2)15-24-18-11-13-20(14-12-18)25-19-8-4-3-5-9-19/h3-16,25H,1-2H3,(H,26,27)/t16-/m1/s1. The van der Waals surface area contributed by atoms with Gasteiger partial charge in [-0.2, -0.15) is 0 Å². The molecular formula is C23H22N2O4. The molecule has 1 atom stereocenters. The zero-order chi connectivity index (χ0) is 20.6. The molecule has 148 valence electrons. The molecular weight excluding hydrogens is 368 g/mol. The Kier molecular flexibility index (Phi) is 6.47. The first-order valence-electron chi connectivity index (χ1n) is 9.09. The van der Waals surface area contributed by atoms with Crippen LogP contribution < -0.4 is 14.8 Å². The smallest absolute Gasteiger partial charge is 0.344 e. The van der Waals surface area contributed by atoms with E-state index in [2.05, 4.69) is 10.3 Å². The predicted octanol–water partition coefficient (Wildman–Crippen LogP) is 5.04. The second-order valence-electron chi connectivity index (χ2n) is 6.27. The zero-order valence-electron chi connectivity index (χ0n) is 16.2. The van der Waals surface area contributed by atoms with E-state index in [1.165, 1.54) is 14.0 Å². The summed E-state index contributed by atoms with van der Waals surface area (Å²) in [5.74, 6) is -0.263. The molecule has 2 N–H and O–H groups in total. The molecule has 6 heteroatoms.